The molecule has 0 radical (unpaired) electrons. The van der Waals surface area contributed by atoms with Crippen molar-refractivity contribution >= 4 is 11.7 Å². The summed E-state index contributed by atoms with van der Waals surface area (Å²) in [6, 6.07) is 9.28. The Morgan fingerprint density at radius 2 is 1.95 bits per heavy atom. The van der Waals surface area contributed by atoms with E-state index in [4.69, 9.17) is 9.47 Å². The second-order valence-electron chi connectivity index (χ2n) is 4.38. The van der Waals surface area contributed by atoms with Crippen LogP contribution in [0.2, 0.25) is 0 Å². The average Bonchev–Trinajstić information content (AvgIpc) is 2.46. The van der Waals surface area contributed by atoms with Crippen molar-refractivity contribution in [3.8, 4) is 6.07 Å². The zero-order valence-corrected chi connectivity index (χ0v) is 12.1. The Balaban J connectivity index is 3.04. The van der Waals surface area contributed by atoms with E-state index in [1.165, 1.54) is 7.11 Å². The first-order chi connectivity index (χ1) is 9.63. The van der Waals surface area contributed by atoms with E-state index in [2.05, 4.69) is 0 Å². The van der Waals surface area contributed by atoms with Crippen LogP contribution in [-0.2, 0) is 14.3 Å². The van der Waals surface area contributed by atoms with Crippen molar-refractivity contribution in [3.05, 3.63) is 41.0 Å². The van der Waals surface area contributed by atoms with Crippen molar-refractivity contribution in [3.63, 3.8) is 0 Å². The number of nitrogens with zero attached hydrogens (tertiary/aromatic N) is 1. The molecule has 0 spiro atoms. The van der Waals surface area contributed by atoms with E-state index in [1.807, 2.05) is 44.2 Å². The van der Waals surface area contributed by atoms with E-state index in [1.54, 1.807) is 0 Å². The standard InChI is InChI=1S/C16H19NO3/c1-4-5-10-20-16(18)14(11-17)15(19-3)13-8-6-12(2)7-9-13/h6-9H,4-5,10H2,1-3H3/b15-14-. The molecule has 0 aliphatic rings. The SMILES string of the molecule is CCCCOC(=O)/C(C#N)=C(\OC)c1ccc(C)cc1. The first kappa shape index (κ1) is 15.8. The maximum absolute atomic E-state index is 11.9. The zero-order chi connectivity index (χ0) is 15.0. The number of benzene rings is 1. The third-order valence-electron chi connectivity index (χ3n) is 2.79. The normalized spacial score (nSPS) is 11.3. The molecule has 0 fully saturated rings. The quantitative estimate of drug-likeness (QED) is 0.262. The molecule has 0 unspecified atom stereocenters. The third-order valence-corrected chi connectivity index (χ3v) is 2.79. The molecule has 0 aliphatic heterocycles. The van der Waals surface area contributed by atoms with Gasteiger partial charge in [0.05, 0.1) is 13.7 Å². The Labute approximate surface area is 119 Å². The first-order valence-electron chi connectivity index (χ1n) is 6.56. The molecule has 4 nitrogen and oxygen atoms in total. The van der Waals surface area contributed by atoms with Gasteiger partial charge in [0.2, 0.25) is 0 Å². The monoisotopic (exact) mass is 273 g/mol. The van der Waals surface area contributed by atoms with E-state index in [9.17, 15) is 10.1 Å². The lowest BCUT2D eigenvalue weighted by molar-refractivity contribution is -0.138. The van der Waals surface area contributed by atoms with Crippen LogP contribution < -0.4 is 0 Å². The lowest BCUT2D eigenvalue weighted by Gasteiger charge is -2.10. The highest BCUT2D eigenvalue weighted by Gasteiger charge is 2.19. The fourth-order valence-electron chi connectivity index (χ4n) is 1.64. The number of esters is 1. The van der Waals surface area contributed by atoms with Gasteiger partial charge in [-0.25, -0.2) is 4.79 Å². The molecule has 0 aromatic heterocycles. The number of hydrogen-bond donors (Lipinski definition) is 0. The number of unbranched alkanes of at least 4 members (excludes halogenated alkanes) is 1. The Bertz CT molecular complexity index is 524. The molecule has 0 bridgehead atoms. The van der Waals surface area contributed by atoms with Crippen molar-refractivity contribution in [2.24, 2.45) is 0 Å². The molecule has 0 N–H and O–H groups in total. The molecule has 0 saturated carbocycles. The summed E-state index contributed by atoms with van der Waals surface area (Å²) in [6.45, 7) is 4.28. The van der Waals surface area contributed by atoms with Crippen molar-refractivity contribution in [1.29, 1.82) is 5.26 Å². The number of nitriles is 1. The summed E-state index contributed by atoms with van der Waals surface area (Å²) in [5.74, 6) is -0.396. The molecule has 0 heterocycles. The van der Waals surface area contributed by atoms with Crippen molar-refractivity contribution in [2.45, 2.75) is 26.7 Å². The van der Waals surface area contributed by atoms with E-state index < -0.39 is 5.97 Å². The van der Waals surface area contributed by atoms with Gasteiger partial charge in [-0.2, -0.15) is 5.26 Å². The summed E-state index contributed by atoms with van der Waals surface area (Å²) in [4.78, 5) is 11.9. The van der Waals surface area contributed by atoms with E-state index >= 15 is 0 Å². The lowest BCUT2D eigenvalue weighted by atomic mass is 10.1. The molecule has 20 heavy (non-hydrogen) atoms. The molecular formula is C16H19NO3. The molecule has 0 atom stereocenters. The molecule has 0 aliphatic carbocycles. The number of methoxy groups -OCH3 is 1. The largest absolute Gasteiger partial charge is 0.494 e. The van der Waals surface area contributed by atoms with Gasteiger partial charge in [-0.15, -0.1) is 0 Å². The number of carbonyl (C=O) groups is 1. The average molecular weight is 273 g/mol. The summed E-state index contributed by atoms with van der Waals surface area (Å²) < 4.78 is 10.3. The van der Waals surface area contributed by atoms with E-state index in [-0.39, 0.29) is 11.3 Å². The summed E-state index contributed by atoms with van der Waals surface area (Å²) in [6.07, 6.45) is 1.70. The van der Waals surface area contributed by atoms with Gasteiger partial charge in [-0.3, -0.25) is 0 Å². The van der Waals surface area contributed by atoms with Gasteiger partial charge in [0.25, 0.3) is 0 Å². The topological polar surface area (TPSA) is 59.3 Å². The summed E-state index contributed by atoms with van der Waals surface area (Å²) in [7, 11) is 1.44. The number of hydrogen-bond acceptors (Lipinski definition) is 4. The smallest absolute Gasteiger partial charge is 0.352 e. The summed E-state index contributed by atoms with van der Waals surface area (Å²) in [5, 5.41) is 9.18. The summed E-state index contributed by atoms with van der Waals surface area (Å²) in [5.41, 5.74) is 1.67. The van der Waals surface area contributed by atoms with Gasteiger partial charge < -0.3 is 9.47 Å². The van der Waals surface area contributed by atoms with Gasteiger partial charge in [0.1, 0.15) is 6.07 Å². The summed E-state index contributed by atoms with van der Waals surface area (Å²) >= 11 is 0. The molecule has 0 saturated heterocycles. The van der Waals surface area contributed by atoms with Gasteiger partial charge >= 0.3 is 5.97 Å². The molecule has 106 valence electrons. The minimum Gasteiger partial charge on any atom is -0.494 e. The van der Waals surface area contributed by atoms with Crippen LogP contribution in [0.3, 0.4) is 0 Å². The Morgan fingerprint density at radius 1 is 1.30 bits per heavy atom. The Kier molecular flexibility index (Phi) is 6.31. The van der Waals surface area contributed by atoms with E-state index in [0.717, 1.165) is 18.4 Å². The van der Waals surface area contributed by atoms with Gasteiger partial charge in [-0.05, 0) is 13.3 Å². The molecule has 1 aromatic carbocycles. The zero-order valence-electron chi connectivity index (χ0n) is 12.1. The second kappa shape index (κ2) is 8.00. The Morgan fingerprint density at radius 3 is 2.45 bits per heavy atom. The van der Waals surface area contributed by atoms with Gasteiger partial charge in [0, 0.05) is 5.56 Å². The van der Waals surface area contributed by atoms with Crippen molar-refractivity contribution in [2.75, 3.05) is 13.7 Å². The van der Waals surface area contributed by atoms with Crippen molar-refractivity contribution < 1.29 is 14.3 Å². The third kappa shape index (κ3) is 4.13. The van der Waals surface area contributed by atoms with Gasteiger partial charge in [0.15, 0.2) is 11.3 Å². The minimum absolute atomic E-state index is 0.104. The number of carbonyl (C=O) groups excluding carboxylic acids is 1. The van der Waals surface area contributed by atoms with Crippen LogP contribution >= 0.6 is 0 Å². The predicted molar refractivity (Wildman–Crippen MR) is 76.6 cm³/mol. The fourth-order valence-corrected chi connectivity index (χ4v) is 1.64. The highest BCUT2D eigenvalue weighted by Crippen LogP contribution is 2.21. The van der Waals surface area contributed by atoms with Crippen LogP contribution in [0.4, 0.5) is 0 Å². The molecule has 0 amide bonds. The first-order valence-corrected chi connectivity index (χ1v) is 6.56. The fraction of sp³-hybridized carbons (Fsp3) is 0.375. The Hall–Kier alpha value is -2.28. The van der Waals surface area contributed by atoms with Gasteiger partial charge in [-0.1, -0.05) is 43.2 Å². The van der Waals surface area contributed by atoms with Crippen LogP contribution in [0.5, 0.6) is 0 Å². The number of rotatable bonds is 6. The lowest BCUT2D eigenvalue weighted by Crippen LogP contribution is -2.10. The second-order valence-corrected chi connectivity index (χ2v) is 4.38. The molecule has 1 rings (SSSR count). The maximum Gasteiger partial charge on any atom is 0.352 e. The highest BCUT2D eigenvalue weighted by molar-refractivity contribution is 6.00. The van der Waals surface area contributed by atoms with Crippen LogP contribution in [0, 0.1) is 18.3 Å². The van der Waals surface area contributed by atoms with Crippen LogP contribution in [-0.4, -0.2) is 19.7 Å². The number of aryl methyl sites for hydroxylation is 1. The molecule has 4 heteroatoms. The van der Waals surface area contributed by atoms with Crippen LogP contribution in [0.15, 0.2) is 29.8 Å². The predicted octanol–water partition coefficient (Wildman–Crippen LogP) is 3.22. The number of ether oxygens (including phenoxy) is 2. The molecular weight excluding hydrogens is 254 g/mol. The highest BCUT2D eigenvalue weighted by atomic mass is 16.5. The maximum atomic E-state index is 11.9. The van der Waals surface area contributed by atoms with Crippen LogP contribution in [0.1, 0.15) is 30.9 Å². The van der Waals surface area contributed by atoms with E-state index in [0.29, 0.717) is 12.2 Å². The van der Waals surface area contributed by atoms with Crippen LogP contribution in [0.25, 0.3) is 5.76 Å². The molecule has 1 aromatic rings. The minimum atomic E-state index is -0.640. The van der Waals surface area contributed by atoms with Crippen molar-refractivity contribution in [1.82, 2.24) is 0 Å².